The molecule has 21 rings (SSSR count). The van der Waals surface area contributed by atoms with Crippen molar-refractivity contribution in [3.63, 3.8) is 0 Å². The average molecular weight is 1080 g/mol. The zero-order chi connectivity index (χ0) is 56.2. The summed E-state index contributed by atoms with van der Waals surface area (Å²) in [6.07, 6.45) is 23.4. The highest BCUT2D eigenvalue weighted by Gasteiger charge is 2.19. The third kappa shape index (κ3) is 8.71. The molecule has 0 atom stereocenters. The van der Waals surface area contributed by atoms with Crippen molar-refractivity contribution in [2.75, 3.05) is 0 Å². The molecule has 398 valence electrons. The number of hydrogen-bond donors (Lipinski definition) is 0. The highest BCUT2D eigenvalue weighted by atomic mass is 14.9. The monoisotopic (exact) mass is 1080 g/mol. The van der Waals surface area contributed by atoms with Gasteiger partial charge in [0.15, 0.2) is 0 Å². The van der Waals surface area contributed by atoms with Gasteiger partial charge >= 0.3 is 0 Å². The summed E-state index contributed by atoms with van der Waals surface area (Å²) < 4.78 is 2.47. The number of rotatable bonds is 0. The standard InChI is InChI=1S/C26H15N.C20H12.C16H10.C12H8.2C5H6/c1-3-8-18-14-24-22(12-16(18)6-1)20-10-5-11-21-23-13-17-7-2-4-9-19(17)15-25(23)27(24)26(20)21;1-5-13-6-2-11-17-18-12-4-8-14-7-3-10-16(20(14)18)15(9-1)19(13)17;1-3-11-7-9-13-5-2-6-14-10-8-12(4-1)15(11)16(13)14;1-3-9-4-2-6-11-8-7-10(5-1)12(9)11;2*1-2-4-5-3-1/h1-15H;1-12H;1-10H;1-8H;2*1-4H,5H2. The van der Waals surface area contributed by atoms with Crippen LogP contribution in [0.15, 0.2) is 309 Å². The van der Waals surface area contributed by atoms with Crippen molar-refractivity contribution in [3.05, 3.63) is 321 Å². The van der Waals surface area contributed by atoms with Crippen LogP contribution < -0.4 is 0 Å². The predicted molar refractivity (Wildman–Crippen MR) is 373 cm³/mol. The second-order valence-electron chi connectivity index (χ2n) is 22.5. The Kier molecular flexibility index (Phi) is 12.4. The van der Waals surface area contributed by atoms with Gasteiger partial charge in [0, 0.05) is 21.5 Å². The Morgan fingerprint density at radius 2 is 0.494 bits per heavy atom. The summed E-state index contributed by atoms with van der Waals surface area (Å²) in [5.41, 5.74) is 6.63. The van der Waals surface area contributed by atoms with E-state index in [4.69, 9.17) is 0 Å². The van der Waals surface area contributed by atoms with E-state index in [2.05, 4.69) is 326 Å². The normalized spacial score (nSPS) is 12.8. The van der Waals surface area contributed by atoms with Gasteiger partial charge < -0.3 is 4.40 Å². The number of aromatic nitrogens is 1. The van der Waals surface area contributed by atoms with E-state index >= 15 is 0 Å². The summed E-state index contributed by atoms with van der Waals surface area (Å²) in [5.74, 6) is 0. The number of fused-ring (bicyclic) bond motifs is 10. The van der Waals surface area contributed by atoms with E-state index < -0.39 is 0 Å². The SMILES string of the molecule is C1=CCC=C1.C1=CCC=C1.C1=Cc2cccc3cccc1c23.c1cc2ccc3cccc4ccc(c1)c2c34.c1cc2cccc3c4cccc5cccc(c(c1)c23)c54.c1ccc2cc3c(cc2c1)c1cccc2c4cc5ccccc5cc4n3c12. The third-order valence-corrected chi connectivity index (χ3v) is 17.6. The molecule has 0 N–H and O–H groups in total. The first-order valence-electron chi connectivity index (χ1n) is 29.7. The Bertz CT molecular complexity index is 5220. The molecule has 2 aromatic heterocycles. The van der Waals surface area contributed by atoms with Crippen molar-refractivity contribution in [1.82, 2.24) is 4.40 Å². The van der Waals surface area contributed by atoms with Crippen LogP contribution in [0, 0.1) is 0 Å². The van der Waals surface area contributed by atoms with E-state index in [0.717, 1.165) is 12.8 Å². The first-order chi connectivity index (χ1) is 42.2. The summed E-state index contributed by atoms with van der Waals surface area (Å²) in [4.78, 5) is 0. The van der Waals surface area contributed by atoms with Crippen LogP contribution in [0.2, 0.25) is 0 Å². The largest absolute Gasteiger partial charge is 0.308 e. The first-order valence-corrected chi connectivity index (χ1v) is 29.7. The molecule has 0 unspecified atom stereocenters. The highest BCUT2D eigenvalue weighted by Crippen LogP contribution is 2.43. The molecule has 3 aliphatic carbocycles. The van der Waals surface area contributed by atoms with Crippen molar-refractivity contribution in [3.8, 4) is 0 Å². The Morgan fingerprint density at radius 1 is 0.212 bits per heavy atom. The molecule has 3 aliphatic rings. The maximum Gasteiger partial charge on any atom is 0.0620 e. The van der Waals surface area contributed by atoms with Gasteiger partial charge in [-0.2, -0.15) is 0 Å². The lowest BCUT2D eigenvalue weighted by atomic mass is 9.90. The van der Waals surface area contributed by atoms with Gasteiger partial charge in [0.25, 0.3) is 0 Å². The van der Waals surface area contributed by atoms with Crippen molar-refractivity contribution in [2.45, 2.75) is 12.8 Å². The second kappa shape index (κ2) is 21.2. The zero-order valence-corrected chi connectivity index (χ0v) is 47.0. The molecule has 1 heteroatoms. The van der Waals surface area contributed by atoms with Crippen LogP contribution in [-0.4, -0.2) is 4.40 Å². The van der Waals surface area contributed by atoms with Crippen LogP contribution in [0.3, 0.4) is 0 Å². The van der Waals surface area contributed by atoms with Gasteiger partial charge in [0.1, 0.15) is 0 Å². The van der Waals surface area contributed by atoms with Crippen molar-refractivity contribution in [2.24, 2.45) is 0 Å². The van der Waals surface area contributed by atoms with E-state index in [-0.39, 0.29) is 0 Å². The van der Waals surface area contributed by atoms with Gasteiger partial charge in [0.2, 0.25) is 0 Å². The summed E-state index contributed by atoms with van der Waals surface area (Å²) in [6.45, 7) is 0. The molecule has 0 fully saturated rings. The Hall–Kier alpha value is -10.9. The lowest BCUT2D eigenvalue weighted by molar-refractivity contribution is 1.38. The van der Waals surface area contributed by atoms with Crippen LogP contribution in [0.5, 0.6) is 0 Å². The topological polar surface area (TPSA) is 4.41 Å². The minimum Gasteiger partial charge on any atom is -0.308 e. The number of para-hydroxylation sites is 1. The van der Waals surface area contributed by atoms with Crippen molar-refractivity contribution < 1.29 is 0 Å². The zero-order valence-electron chi connectivity index (χ0n) is 47.0. The van der Waals surface area contributed by atoms with Crippen LogP contribution >= 0.6 is 0 Å². The van der Waals surface area contributed by atoms with E-state index in [9.17, 15) is 0 Å². The van der Waals surface area contributed by atoms with Crippen LogP contribution in [0.25, 0.3) is 158 Å². The van der Waals surface area contributed by atoms with Crippen molar-refractivity contribution in [1.29, 1.82) is 0 Å². The minimum atomic E-state index is 1.14. The van der Waals surface area contributed by atoms with Crippen LogP contribution in [0.4, 0.5) is 0 Å². The molecule has 0 aliphatic heterocycles. The average Bonchev–Trinajstić information content (AvgIpc) is 1.77. The second-order valence-corrected chi connectivity index (χ2v) is 22.5. The summed E-state index contributed by atoms with van der Waals surface area (Å²) in [5, 5.41) is 32.3. The van der Waals surface area contributed by atoms with Crippen LogP contribution in [0.1, 0.15) is 24.0 Å². The van der Waals surface area contributed by atoms with Gasteiger partial charge in [-0.25, -0.2) is 0 Å². The first kappa shape index (κ1) is 49.9. The van der Waals surface area contributed by atoms with E-state index in [1.54, 1.807) is 0 Å². The predicted octanol–water partition coefficient (Wildman–Crippen LogP) is 23.8. The molecule has 0 spiro atoms. The van der Waals surface area contributed by atoms with Gasteiger partial charge in [-0.3, -0.25) is 0 Å². The third-order valence-electron chi connectivity index (χ3n) is 17.6. The molecule has 85 heavy (non-hydrogen) atoms. The fourth-order valence-electron chi connectivity index (χ4n) is 13.7. The molecular weight excluding hydrogens is 1020 g/mol. The fraction of sp³-hybridized carbons (Fsp3) is 0.0238. The maximum absolute atomic E-state index is 2.47. The molecule has 0 saturated carbocycles. The van der Waals surface area contributed by atoms with E-state index in [0.29, 0.717) is 0 Å². The molecule has 18 aromatic rings. The smallest absolute Gasteiger partial charge is 0.0620 e. The highest BCUT2D eigenvalue weighted by molar-refractivity contribution is 6.33. The molecule has 1 nitrogen and oxygen atoms in total. The van der Waals surface area contributed by atoms with Gasteiger partial charge in [0.05, 0.1) is 16.6 Å². The maximum atomic E-state index is 2.47. The Balaban J connectivity index is 0.0000000900. The molecule has 2 heterocycles. The van der Waals surface area contributed by atoms with E-state index in [1.807, 2.05) is 0 Å². The molecular formula is C84H57N. The quantitative estimate of drug-likeness (QED) is 0.105. The lowest BCUT2D eigenvalue weighted by Crippen LogP contribution is -1.85. The molecule has 0 radical (unpaired) electrons. The van der Waals surface area contributed by atoms with Gasteiger partial charge in [-0.1, -0.05) is 297 Å². The molecule has 0 bridgehead atoms. The van der Waals surface area contributed by atoms with Crippen molar-refractivity contribution >= 4 is 158 Å². The van der Waals surface area contributed by atoms with E-state index in [1.165, 1.54) is 157 Å². The summed E-state index contributed by atoms with van der Waals surface area (Å²) in [6, 6.07) is 94.6. The molecule has 16 aromatic carbocycles. The number of nitrogens with zero attached hydrogens (tertiary/aromatic N) is 1. The van der Waals surface area contributed by atoms with Crippen LogP contribution in [-0.2, 0) is 0 Å². The Labute approximate surface area is 492 Å². The molecule has 0 saturated heterocycles. The summed E-state index contributed by atoms with van der Waals surface area (Å²) in [7, 11) is 0. The minimum absolute atomic E-state index is 1.14. The number of benzene rings is 16. The van der Waals surface area contributed by atoms with Gasteiger partial charge in [-0.05, 0) is 156 Å². The fourth-order valence-corrected chi connectivity index (χ4v) is 13.7. The van der Waals surface area contributed by atoms with Gasteiger partial charge in [-0.15, -0.1) is 0 Å². The summed E-state index contributed by atoms with van der Waals surface area (Å²) >= 11 is 0. The Morgan fingerprint density at radius 3 is 0.847 bits per heavy atom. The molecule has 0 amide bonds. The number of hydrogen-bond acceptors (Lipinski definition) is 0. The lowest BCUT2D eigenvalue weighted by Gasteiger charge is -2.13. The number of allylic oxidation sites excluding steroid dienone is 8.